The molecule has 1 aromatic rings. The smallest absolute Gasteiger partial charge is 0.225 e. The highest BCUT2D eigenvalue weighted by Gasteiger charge is 2.34. The molecule has 0 bridgehead atoms. The molecule has 0 saturated carbocycles. The van der Waals surface area contributed by atoms with Gasteiger partial charge in [0.25, 0.3) is 0 Å². The lowest BCUT2D eigenvalue weighted by Gasteiger charge is -2.42. The van der Waals surface area contributed by atoms with E-state index in [0.29, 0.717) is 17.6 Å². The number of anilines is 1. The largest absolute Gasteiger partial charge is 0.382 e. The lowest BCUT2D eigenvalue weighted by atomic mass is 10.1. The average molecular weight is 272 g/mol. The number of hydrogen-bond donors (Lipinski definition) is 0. The van der Waals surface area contributed by atoms with Crippen LogP contribution in [0.15, 0.2) is 12.4 Å². The van der Waals surface area contributed by atoms with Gasteiger partial charge in [-0.3, -0.25) is 0 Å². The van der Waals surface area contributed by atoms with Gasteiger partial charge in [-0.1, -0.05) is 11.6 Å². The van der Waals surface area contributed by atoms with Crippen molar-refractivity contribution in [3.05, 3.63) is 17.4 Å². The van der Waals surface area contributed by atoms with Crippen LogP contribution in [0.5, 0.6) is 0 Å². The summed E-state index contributed by atoms with van der Waals surface area (Å²) in [5.41, 5.74) is -0.246. The average Bonchev–Trinajstić information content (AvgIpc) is 2.28. The second-order valence-electron chi connectivity index (χ2n) is 5.04. The molecular weight excluding hydrogens is 254 g/mol. The van der Waals surface area contributed by atoms with Crippen molar-refractivity contribution in [2.45, 2.75) is 25.6 Å². The van der Waals surface area contributed by atoms with E-state index in [1.165, 1.54) is 0 Å². The summed E-state index contributed by atoms with van der Waals surface area (Å²) in [6.45, 7) is 6.14. The number of aromatic nitrogens is 2. The maximum Gasteiger partial charge on any atom is 0.225 e. The van der Waals surface area contributed by atoms with Gasteiger partial charge in [0.05, 0.1) is 35.7 Å². The number of morpholine rings is 1. The second kappa shape index (κ2) is 5.38. The van der Waals surface area contributed by atoms with Crippen LogP contribution in [0.2, 0.25) is 5.02 Å². The van der Waals surface area contributed by atoms with Crippen molar-refractivity contribution in [2.24, 2.45) is 0 Å². The van der Waals surface area contributed by atoms with E-state index in [9.17, 15) is 0 Å². The number of nitrogens with zero attached hydrogens (tertiary/aromatic N) is 3. The minimum Gasteiger partial charge on any atom is -0.382 e. The highest BCUT2D eigenvalue weighted by atomic mass is 35.5. The summed E-state index contributed by atoms with van der Waals surface area (Å²) in [6.07, 6.45) is 3.24. The maximum absolute atomic E-state index is 5.94. The van der Waals surface area contributed by atoms with E-state index < -0.39 is 0 Å². The van der Waals surface area contributed by atoms with Crippen LogP contribution >= 0.6 is 11.6 Å². The molecule has 0 radical (unpaired) electrons. The molecule has 18 heavy (non-hydrogen) atoms. The fourth-order valence-electron chi connectivity index (χ4n) is 2.19. The molecular formula is C12H18ClN3O2. The van der Waals surface area contributed by atoms with Crippen molar-refractivity contribution in [1.29, 1.82) is 0 Å². The number of halogens is 1. The van der Waals surface area contributed by atoms with Crippen LogP contribution in [-0.2, 0) is 9.47 Å². The maximum atomic E-state index is 5.94. The number of methoxy groups -OCH3 is 1. The van der Waals surface area contributed by atoms with E-state index in [-0.39, 0.29) is 11.7 Å². The predicted molar refractivity (Wildman–Crippen MR) is 70.1 cm³/mol. The summed E-state index contributed by atoms with van der Waals surface area (Å²) in [6, 6.07) is 0. The van der Waals surface area contributed by atoms with Crippen molar-refractivity contribution in [3.63, 3.8) is 0 Å². The summed E-state index contributed by atoms with van der Waals surface area (Å²) in [5, 5.41) is 0.541. The third-order valence-electron chi connectivity index (χ3n) is 2.72. The molecule has 1 aliphatic heterocycles. The first-order valence-corrected chi connectivity index (χ1v) is 6.27. The van der Waals surface area contributed by atoms with Crippen molar-refractivity contribution >= 4 is 17.5 Å². The Labute approximate surface area is 112 Å². The van der Waals surface area contributed by atoms with Crippen LogP contribution in [-0.4, -0.2) is 48.5 Å². The standard InChI is InChI=1S/C12H18ClN3O2/c1-12(2)8-16(6-10(18-12)7-17-3)11-14-4-9(13)5-15-11/h4-5,10H,6-8H2,1-3H3. The summed E-state index contributed by atoms with van der Waals surface area (Å²) in [7, 11) is 1.67. The molecule has 1 aromatic heterocycles. The van der Waals surface area contributed by atoms with Crippen LogP contribution in [0.1, 0.15) is 13.8 Å². The van der Waals surface area contributed by atoms with Crippen molar-refractivity contribution in [1.82, 2.24) is 9.97 Å². The summed E-state index contributed by atoms with van der Waals surface area (Å²) >= 11 is 5.80. The first kappa shape index (κ1) is 13.5. The molecule has 1 atom stereocenters. The van der Waals surface area contributed by atoms with Gasteiger partial charge < -0.3 is 14.4 Å². The summed E-state index contributed by atoms with van der Waals surface area (Å²) in [4.78, 5) is 10.6. The molecule has 0 amide bonds. The normalized spacial score (nSPS) is 23.1. The molecule has 2 heterocycles. The monoisotopic (exact) mass is 271 g/mol. The Balaban J connectivity index is 2.14. The SMILES string of the molecule is COCC1CN(c2ncc(Cl)cn2)CC(C)(C)O1. The Morgan fingerprint density at radius 3 is 2.78 bits per heavy atom. The quantitative estimate of drug-likeness (QED) is 0.838. The molecule has 0 aliphatic carbocycles. The Hall–Kier alpha value is -0.910. The lowest BCUT2D eigenvalue weighted by Crippen LogP contribution is -2.54. The minimum absolute atomic E-state index is 0.0260. The predicted octanol–water partition coefficient (Wildman–Crippen LogP) is 1.76. The Morgan fingerprint density at radius 2 is 2.17 bits per heavy atom. The zero-order valence-electron chi connectivity index (χ0n) is 10.9. The first-order chi connectivity index (χ1) is 8.50. The van der Waals surface area contributed by atoms with Gasteiger partial charge in [-0.15, -0.1) is 0 Å². The van der Waals surface area contributed by atoms with E-state index in [1.54, 1.807) is 19.5 Å². The molecule has 5 nitrogen and oxygen atoms in total. The topological polar surface area (TPSA) is 47.5 Å². The fourth-order valence-corrected chi connectivity index (χ4v) is 2.29. The molecule has 2 rings (SSSR count). The highest BCUT2D eigenvalue weighted by Crippen LogP contribution is 2.24. The Morgan fingerprint density at radius 1 is 1.50 bits per heavy atom. The van der Waals surface area contributed by atoms with Crippen LogP contribution < -0.4 is 4.90 Å². The highest BCUT2D eigenvalue weighted by molar-refractivity contribution is 6.30. The minimum atomic E-state index is -0.246. The first-order valence-electron chi connectivity index (χ1n) is 5.89. The Bertz CT molecular complexity index is 397. The van der Waals surface area contributed by atoms with Crippen LogP contribution in [0.3, 0.4) is 0 Å². The van der Waals surface area contributed by atoms with Gasteiger partial charge >= 0.3 is 0 Å². The third kappa shape index (κ3) is 3.31. The van der Waals surface area contributed by atoms with Gasteiger partial charge in [-0.25, -0.2) is 9.97 Å². The van der Waals surface area contributed by atoms with Gasteiger partial charge in [0.1, 0.15) is 0 Å². The van der Waals surface area contributed by atoms with Gasteiger partial charge in [0, 0.05) is 20.2 Å². The van der Waals surface area contributed by atoms with Crippen molar-refractivity contribution in [3.8, 4) is 0 Å². The van der Waals surface area contributed by atoms with E-state index in [0.717, 1.165) is 13.1 Å². The molecule has 100 valence electrons. The fraction of sp³-hybridized carbons (Fsp3) is 0.667. The van der Waals surface area contributed by atoms with E-state index in [1.807, 2.05) is 0 Å². The molecule has 1 aliphatic rings. The molecule has 1 unspecified atom stereocenters. The van der Waals surface area contributed by atoms with Gasteiger partial charge in [-0.2, -0.15) is 0 Å². The Kier molecular flexibility index (Phi) is 4.04. The van der Waals surface area contributed by atoms with E-state index >= 15 is 0 Å². The molecule has 1 fully saturated rings. The van der Waals surface area contributed by atoms with Crippen LogP contribution in [0, 0.1) is 0 Å². The zero-order valence-corrected chi connectivity index (χ0v) is 11.6. The molecule has 0 spiro atoms. The van der Waals surface area contributed by atoms with Crippen LogP contribution in [0.25, 0.3) is 0 Å². The number of rotatable bonds is 3. The van der Waals surface area contributed by atoms with Gasteiger partial charge in [-0.05, 0) is 13.8 Å². The van der Waals surface area contributed by atoms with Crippen molar-refractivity contribution < 1.29 is 9.47 Å². The molecule has 0 N–H and O–H groups in total. The summed E-state index contributed by atoms with van der Waals surface area (Å²) < 4.78 is 11.1. The van der Waals surface area contributed by atoms with Crippen LogP contribution in [0.4, 0.5) is 5.95 Å². The summed E-state index contributed by atoms with van der Waals surface area (Å²) in [5.74, 6) is 0.678. The zero-order chi connectivity index (χ0) is 13.2. The van der Waals surface area contributed by atoms with Gasteiger partial charge in [0.15, 0.2) is 0 Å². The molecule has 6 heteroatoms. The molecule has 1 saturated heterocycles. The van der Waals surface area contributed by atoms with E-state index in [2.05, 4.69) is 28.7 Å². The lowest BCUT2D eigenvalue weighted by molar-refractivity contribution is -0.106. The van der Waals surface area contributed by atoms with E-state index in [4.69, 9.17) is 21.1 Å². The third-order valence-corrected chi connectivity index (χ3v) is 2.92. The van der Waals surface area contributed by atoms with Crippen molar-refractivity contribution in [2.75, 3.05) is 31.7 Å². The van der Waals surface area contributed by atoms with Gasteiger partial charge in [0.2, 0.25) is 5.95 Å². The number of ether oxygens (including phenoxy) is 2. The molecule has 0 aromatic carbocycles. The number of hydrogen-bond acceptors (Lipinski definition) is 5. The second-order valence-corrected chi connectivity index (χ2v) is 5.47.